The fourth-order valence-corrected chi connectivity index (χ4v) is 3.14. The number of hydrogen-bond acceptors (Lipinski definition) is 2. The molecule has 1 aliphatic heterocycles. The highest BCUT2D eigenvalue weighted by Crippen LogP contribution is 2.25. The van der Waals surface area contributed by atoms with Crippen molar-refractivity contribution in [3.8, 4) is 0 Å². The maximum Gasteiger partial charge on any atom is 0.0410 e. The van der Waals surface area contributed by atoms with Gasteiger partial charge in [0.2, 0.25) is 0 Å². The average molecular weight is 332 g/mol. The van der Waals surface area contributed by atoms with Crippen LogP contribution in [0.4, 0.5) is 0 Å². The summed E-state index contributed by atoms with van der Waals surface area (Å²) in [6, 6.07) is 6.26. The van der Waals surface area contributed by atoms with Crippen LogP contribution in [0, 0.1) is 5.92 Å². The lowest BCUT2D eigenvalue weighted by Crippen LogP contribution is -2.41. The standard InChI is InChI=1S/C14H20BrClN2/c1-10(17)11-3-2-6-18(8-11)9-12-7-13(16)4-5-14(12)15/h4-5,7,10-11H,2-3,6,8-9,17H2,1H3. The van der Waals surface area contributed by atoms with Crippen molar-refractivity contribution >= 4 is 27.5 Å². The first-order valence-electron chi connectivity index (χ1n) is 6.48. The lowest BCUT2D eigenvalue weighted by atomic mass is 9.92. The van der Waals surface area contributed by atoms with Crippen LogP contribution < -0.4 is 5.73 Å². The quantitative estimate of drug-likeness (QED) is 0.916. The molecule has 0 radical (unpaired) electrons. The van der Waals surface area contributed by atoms with E-state index in [1.54, 1.807) is 0 Å². The average Bonchev–Trinajstić information content (AvgIpc) is 2.34. The number of piperidine rings is 1. The fourth-order valence-electron chi connectivity index (χ4n) is 2.57. The number of likely N-dealkylation sites (tertiary alicyclic amines) is 1. The Balaban J connectivity index is 2.02. The van der Waals surface area contributed by atoms with Gasteiger partial charge in [0, 0.05) is 28.6 Å². The number of nitrogens with two attached hydrogens (primary N) is 1. The Kier molecular flexibility index (Phi) is 5.07. The number of halogens is 2. The van der Waals surface area contributed by atoms with Gasteiger partial charge in [-0.05, 0) is 56.0 Å². The van der Waals surface area contributed by atoms with Gasteiger partial charge in [-0.25, -0.2) is 0 Å². The van der Waals surface area contributed by atoms with Gasteiger partial charge < -0.3 is 5.73 Å². The first kappa shape index (κ1) is 14.3. The minimum Gasteiger partial charge on any atom is -0.328 e. The molecule has 0 saturated carbocycles. The van der Waals surface area contributed by atoms with Gasteiger partial charge in [-0.15, -0.1) is 0 Å². The normalized spacial score (nSPS) is 23.0. The van der Waals surface area contributed by atoms with Gasteiger partial charge in [-0.2, -0.15) is 0 Å². The van der Waals surface area contributed by atoms with Crippen molar-refractivity contribution in [3.05, 3.63) is 33.3 Å². The highest BCUT2D eigenvalue weighted by molar-refractivity contribution is 9.10. The molecule has 2 rings (SSSR count). The van der Waals surface area contributed by atoms with E-state index in [1.807, 2.05) is 18.2 Å². The zero-order valence-corrected chi connectivity index (χ0v) is 13.0. The summed E-state index contributed by atoms with van der Waals surface area (Å²) in [4.78, 5) is 2.48. The molecule has 0 spiro atoms. The van der Waals surface area contributed by atoms with Crippen LogP contribution in [-0.4, -0.2) is 24.0 Å². The van der Waals surface area contributed by atoms with Gasteiger partial charge >= 0.3 is 0 Å². The van der Waals surface area contributed by atoms with E-state index in [4.69, 9.17) is 17.3 Å². The third-order valence-electron chi connectivity index (χ3n) is 3.69. The van der Waals surface area contributed by atoms with Gasteiger partial charge in [-0.3, -0.25) is 4.90 Å². The molecule has 1 saturated heterocycles. The highest BCUT2D eigenvalue weighted by Gasteiger charge is 2.22. The first-order chi connectivity index (χ1) is 8.56. The van der Waals surface area contributed by atoms with Crippen LogP contribution in [-0.2, 0) is 6.54 Å². The summed E-state index contributed by atoms with van der Waals surface area (Å²) in [6.07, 6.45) is 2.50. The Morgan fingerprint density at radius 3 is 3.06 bits per heavy atom. The van der Waals surface area contributed by atoms with E-state index >= 15 is 0 Å². The SMILES string of the molecule is CC(N)C1CCCN(Cc2cc(Cl)ccc2Br)C1. The number of nitrogens with zero attached hydrogens (tertiary/aromatic N) is 1. The predicted octanol–water partition coefficient (Wildman–Crippen LogP) is 3.66. The number of rotatable bonds is 3. The lowest BCUT2D eigenvalue weighted by Gasteiger charge is -2.34. The topological polar surface area (TPSA) is 29.3 Å². The third-order valence-corrected chi connectivity index (χ3v) is 4.70. The minimum atomic E-state index is 0.288. The molecule has 0 bridgehead atoms. The van der Waals surface area contributed by atoms with Crippen molar-refractivity contribution in [2.75, 3.05) is 13.1 Å². The molecule has 2 N–H and O–H groups in total. The second-order valence-corrected chi connectivity index (χ2v) is 6.52. The second-order valence-electron chi connectivity index (χ2n) is 5.23. The van der Waals surface area contributed by atoms with Crippen molar-refractivity contribution in [1.82, 2.24) is 4.90 Å². The summed E-state index contributed by atoms with van der Waals surface area (Å²) in [6.45, 7) is 5.31. The van der Waals surface area contributed by atoms with Crippen molar-refractivity contribution in [1.29, 1.82) is 0 Å². The fraction of sp³-hybridized carbons (Fsp3) is 0.571. The van der Waals surface area contributed by atoms with Crippen molar-refractivity contribution < 1.29 is 0 Å². The Labute approximate surface area is 123 Å². The first-order valence-corrected chi connectivity index (χ1v) is 7.65. The highest BCUT2D eigenvalue weighted by atomic mass is 79.9. The third kappa shape index (κ3) is 3.70. The van der Waals surface area contributed by atoms with Gasteiger partial charge in [-0.1, -0.05) is 27.5 Å². The molecular formula is C14H20BrClN2. The molecule has 2 unspecified atom stereocenters. The lowest BCUT2D eigenvalue weighted by molar-refractivity contribution is 0.154. The summed E-state index contributed by atoms with van der Waals surface area (Å²) >= 11 is 9.65. The number of hydrogen-bond donors (Lipinski definition) is 1. The van der Waals surface area contributed by atoms with Gasteiger partial charge in [0.15, 0.2) is 0 Å². The maximum atomic E-state index is 6.05. The van der Waals surface area contributed by atoms with Crippen molar-refractivity contribution in [3.63, 3.8) is 0 Å². The van der Waals surface area contributed by atoms with E-state index in [0.717, 1.165) is 29.1 Å². The van der Waals surface area contributed by atoms with Crippen LogP contribution in [0.3, 0.4) is 0 Å². The zero-order chi connectivity index (χ0) is 13.1. The molecular weight excluding hydrogens is 312 g/mol. The van der Waals surface area contributed by atoms with Crippen LogP contribution in [0.1, 0.15) is 25.3 Å². The Morgan fingerprint density at radius 2 is 2.33 bits per heavy atom. The van der Waals surface area contributed by atoms with E-state index in [0.29, 0.717) is 5.92 Å². The largest absolute Gasteiger partial charge is 0.328 e. The van der Waals surface area contributed by atoms with Gasteiger partial charge in [0.05, 0.1) is 0 Å². The monoisotopic (exact) mass is 330 g/mol. The Bertz CT molecular complexity index is 409. The molecule has 0 aromatic heterocycles. The summed E-state index contributed by atoms with van der Waals surface area (Å²) in [7, 11) is 0. The number of benzene rings is 1. The molecule has 0 amide bonds. The van der Waals surface area contributed by atoms with E-state index < -0.39 is 0 Å². The van der Waals surface area contributed by atoms with Gasteiger partial charge in [0.1, 0.15) is 0 Å². The zero-order valence-electron chi connectivity index (χ0n) is 10.7. The predicted molar refractivity (Wildman–Crippen MR) is 80.8 cm³/mol. The van der Waals surface area contributed by atoms with Crippen LogP contribution >= 0.6 is 27.5 Å². The summed E-state index contributed by atoms with van der Waals surface area (Å²) in [5, 5.41) is 0.800. The Morgan fingerprint density at radius 1 is 1.56 bits per heavy atom. The van der Waals surface area contributed by atoms with Crippen molar-refractivity contribution in [2.45, 2.75) is 32.4 Å². The molecule has 1 aliphatic rings. The molecule has 0 aliphatic carbocycles. The molecule has 100 valence electrons. The molecule has 1 heterocycles. The summed E-state index contributed by atoms with van der Waals surface area (Å²) in [5.41, 5.74) is 7.28. The van der Waals surface area contributed by atoms with E-state index in [-0.39, 0.29) is 6.04 Å². The van der Waals surface area contributed by atoms with Gasteiger partial charge in [0.25, 0.3) is 0 Å². The van der Waals surface area contributed by atoms with Crippen LogP contribution in [0.25, 0.3) is 0 Å². The van der Waals surface area contributed by atoms with Crippen LogP contribution in [0.15, 0.2) is 22.7 Å². The van der Waals surface area contributed by atoms with E-state index in [9.17, 15) is 0 Å². The molecule has 4 heteroatoms. The minimum absolute atomic E-state index is 0.288. The molecule has 18 heavy (non-hydrogen) atoms. The van der Waals surface area contributed by atoms with Crippen LogP contribution in [0.2, 0.25) is 5.02 Å². The Hall–Kier alpha value is -0.0900. The van der Waals surface area contributed by atoms with Crippen molar-refractivity contribution in [2.24, 2.45) is 11.7 Å². The second kappa shape index (κ2) is 6.38. The van der Waals surface area contributed by atoms with Crippen LogP contribution in [0.5, 0.6) is 0 Å². The summed E-state index contributed by atoms with van der Waals surface area (Å²) in [5.74, 6) is 0.622. The summed E-state index contributed by atoms with van der Waals surface area (Å²) < 4.78 is 1.13. The maximum absolute atomic E-state index is 6.05. The van der Waals surface area contributed by atoms with E-state index in [2.05, 4.69) is 27.8 Å². The molecule has 1 aromatic carbocycles. The molecule has 1 aromatic rings. The smallest absolute Gasteiger partial charge is 0.0410 e. The van der Waals surface area contributed by atoms with E-state index in [1.165, 1.54) is 18.4 Å². The molecule has 2 atom stereocenters. The molecule has 2 nitrogen and oxygen atoms in total. The molecule has 1 fully saturated rings.